The first kappa shape index (κ1) is 11.4. The molecule has 2 unspecified atom stereocenters. The molecule has 0 amide bonds. The fourth-order valence-corrected chi connectivity index (χ4v) is 2.00. The Bertz CT molecular complexity index is 357. The highest BCUT2D eigenvalue weighted by atomic mass is 16.5. The molecule has 88 valence electrons. The number of phenols is 1. The van der Waals surface area contributed by atoms with E-state index in [1.54, 1.807) is 12.1 Å². The van der Waals surface area contributed by atoms with Crippen molar-refractivity contribution in [1.29, 1.82) is 0 Å². The predicted molar refractivity (Wildman–Crippen MR) is 63.3 cm³/mol. The van der Waals surface area contributed by atoms with E-state index in [1.807, 2.05) is 12.1 Å². The minimum Gasteiger partial charge on any atom is -0.508 e. The summed E-state index contributed by atoms with van der Waals surface area (Å²) >= 11 is 0. The van der Waals surface area contributed by atoms with Crippen LogP contribution in [-0.4, -0.2) is 24.0 Å². The Balaban J connectivity index is 2.03. The Kier molecular flexibility index (Phi) is 3.17. The highest BCUT2D eigenvalue weighted by molar-refractivity contribution is 5.28. The molecule has 0 aromatic heterocycles. The van der Waals surface area contributed by atoms with Gasteiger partial charge in [0.05, 0.1) is 6.61 Å². The molecule has 1 saturated heterocycles. The Morgan fingerprint density at radius 2 is 2.38 bits per heavy atom. The van der Waals surface area contributed by atoms with Gasteiger partial charge in [0.2, 0.25) is 0 Å². The van der Waals surface area contributed by atoms with Crippen LogP contribution in [-0.2, 0) is 11.2 Å². The van der Waals surface area contributed by atoms with E-state index in [0.29, 0.717) is 11.7 Å². The van der Waals surface area contributed by atoms with Gasteiger partial charge in [-0.15, -0.1) is 0 Å². The van der Waals surface area contributed by atoms with Gasteiger partial charge in [0.15, 0.2) is 0 Å². The van der Waals surface area contributed by atoms with Gasteiger partial charge in [-0.2, -0.15) is 0 Å². The van der Waals surface area contributed by atoms with Crippen molar-refractivity contribution in [1.82, 2.24) is 5.32 Å². The summed E-state index contributed by atoms with van der Waals surface area (Å²) in [6, 6.07) is 7.34. The van der Waals surface area contributed by atoms with Gasteiger partial charge >= 0.3 is 0 Å². The van der Waals surface area contributed by atoms with E-state index in [9.17, 15) is 5.11 Å². The molecule has 0 aliphatic carbocycles. The molecule has 2 N–H and O–H groups in total. The second-order valence-corrected chi connectivity index (χ2v) is 4.87. The van der Waals surface area contributed by atoms with Crippen LogP contribution in [0.25, 0.3) is 0 Å². The molecule has 1 aliphatic heterocycles. The third kappa shape index (κ3) is 2.74. The van der Waals surface area contributed by atoms with Gasteiger partial charge in [0, 0.05) is 13.0 Å². The van der Waals surface area contributed by atoms with Gasteiger partial charge in [-0.25, -0.2) is 0 Å². The minimum absolute atomic E-state index is 0.305. The van der Waals surface area contributed by atoms with Gasteiger partial charge in [-0.1, -0.05) is 19.1 Å². The second-order valence-electron chi connectivity index (χ2n) is 4.87. The van der Waals surface area contributed by atoms with Crippen molar-refractivity contribution in [3.63, 3.8) is 0 Å². The molecular weight excluding hydrogens is 202 g/mol. The fraction of sp³-hybridized carbons (Fsp3) is 0.538. The van der Waals surface area contributed by atoms with E-state index in [4.69, 9.17) is 4.74 Å². The fourth-order valence-electron chi connectivity index (χ4n) is 2.00. The van der Waals surface area contributed by atoms with Gasteiger partial charge in [0.25, 0.3) is 0 Å². The SMILES string of the molecule is CC1CNC(C)(Cc2cccc(O)c2)OC1. The summed E-state index contributed by atoms with van der Waals surface area (Å²) in [4.78, 5) is 0. The third-order valence-corrected chi connectivity index (χ3v) is 2.96. The molecule has 1 heterocycles. The van der Waals surface area contributed by atoms with Gasteiger partial charge in [-0.05, 0) is 30.5 Å². The lowest BCUT2D eigenvalue weighted by Gasteiger charge is -2.38. The van der Waals surface area contributed by atoms with Crippen LogP contribution in [0.3, 0.4) is 0 Å². The van der Waals surface area contributed by atoms with Crippen LogP contribution < -0.4 is 5.32 Å². The number of aromatic hydroxyl groups is 1. The molecule has 3 heteroatoms. The lowest BCUT2D eigenvalue weighted by atomic mass is 10.0. The number of phenolic OH excluding ortho intramolecular Hbond substituents is 1. The molecule has 2 atom stereocenters. The Morgan fingerprint density at radius 1 is 1.56 bits per heavy atom. The quantitative estimate of drug-likeness (QED) is 0.801. The molecule has 0 bridgehead atoms. The van der Waals surface area contributed by atoms with E-state index < -0.39 is 0 Å². The Hall–Kier alpha value is -1.06. The van der Waals surface area contributed by atoms with Crippen molar-refractivity contribution in [2.75, 3.05) is 13.2 Å². The van der Waals surface area contributed by atoms with Crippen LogP contribution in [0.1, 0.15) is 19.4 Å². The average Bonchev–Trinajstić information content (AvgIpc) is 2.23. The normalized spacial score (nSPS) is 30.2. The second kappa shape index (κ2) is 4.44. The van der Waals surface area contributed by atoms with E-state index in [0.717, 1.165) is 25.1 Å². The molecule has 1 fully saturated rings. The molecule has 0 saturated carbocycles. The third-order valence-electron chi connectivity index (χ3n) is 2.96. The summed E-state index contributed by atoms with van der Waals surface area (Å²) < 4.78 is 5.83. The van der Waals surface area contributed by atoms with Gasteiger partial charge in [-0.3, -0.25) is 5.32 Å². The topological polar surface area (TPSA) is 41.5 Å². The largest absolute Gasteiger partial charge is 0.508 e. The number of nitrogens with one attached hydrogen (secondary N) is 1. The molecule has 0 radical (unpaired) electrons. The smallest absolute Gasteiger partial charge is 0.120 e. The highest BCUT2D eigenvalue weighted by Crippen LogP contribution is 2.21. The van der Waals surface area contributed by atoms with Crippen LogP contribution in [0.15, 0.2) is 24.3 Å². The molecule has 1 aliphatic rings. The monoisotopic (exact) mass is 221 g/mol. The summed E-state index contributed by atoms with van der Waals surface area (Å²) in [7, 11) is 0. The maximum absolute atomic E-state index is 9.41. The highest BCUT2D eigenvalue weighted by Gasteiger charge is 2.29. The maximum Gasteiger partial charge on any atom is 0.120 e. The molecule has 1 aromatic rings. The summed E-state index contributed by atoms with van der Waals surface area (Å²) in [5, 5.41) is 12.8. The van der Waals surface area contributed by atoms with Crippen molar-refractivity contribution in [2.24, 2.45) is 5.92 Å². The predicted octanol–water partition coefficient (Wildman–Crippen LogP) is 1.91. The van der Waals surface area contributed by atoms with E-state index in [2.05, 4.69) is 19.2 Å². The standard InChI is InChI=1S/C13H19NO2/c1-10-8-14-13(2,16-9-10)7-11-4-3-5-12(15)6-11/h3-6,10,14-15H,7-9H2,1-2H3. The molecule has 2 rings (SSSR count). The summed E-state index contributed by atoms with van der Waals surface area (Å²) in [6.45, 7) is 6.00. The van der Waals surface area contributed by atoms with Crippen LogP contribution in [0, 0.1) is 5.92 Å². The van der Waals surface area contributed by atoms with Crippen molar-refractivity contribution >= 4 is 0 Å². The van der Waals surface area contributed by atoms with Crippen molar-refractivity contribution in [3.05, 3.63) is 29.8 Å². The first-order chi connectivity index (χ1) is 7.57. The number of benzene rings is 1. The number of hydrogen-bond acceptors (Lipinski definition) is 3. The molecule has 3 nitrogen and oxygen atoms in total. The van der Waals surface area contributed by atoms with Crippen LogP contribution in [0.2, 0.25) is 0 Å². The zero-order valence-corrected chi connectivity index (χ0v) is 9.86. The van der Waals surface area contributed by atoms with E-state index >= 15 is 0 Å². The Labute approximate surface area is 96.4 Å². The number of rotatable bonds is 2. The van der Waals surface area contributed by atoms with E-state index in [1.165, 1.54) is 0 Å². The first-order valence-electron chi connectivity index (χ1n) is 5.74. The van der Waals surface area contributed by atoms with Gasteiger partial charge < -0.3 is 9.84 Å². The lowest BCUT2D eigenvalue weighted by Crippen LogP contribution is -2.53. The number of hydrogen-bond donors (Lipinski definition) is 2. The summed E-state index contributed by atoms with van der Waals surface area (Å²) in [6.07, 6.45) is 0.772. The first-order valence-corrected chi connectivity index (χ1v) is 5.74. The van der Waals surface area contributed by atoms with Crippen molar-refractivity contribution < 1.29 is 9.84 Å². The molecule has 16 heavy (non-hydrogen) atoms. The summed E-state index contributed by atoms with van der Waals surface area (Å²) in [5.74, 6) is 0.877. The van der Waals surface area contributed by atoms with Crippen LogP contribution in [0.5, 0.6) is 5.75 Å². The molecule has 1 aromatic carbocycles. The summed E-state index contributed by atoms with van der Waals surface area (Å²) in [5.41, 5.74) is 0.782. The van der Waals surface area contributed by atoms with E-state index in [-0.39, 0.29) is 5.72 Å². The Morgan fingerprint density at radius 3 is 3.00 bits per heavy atom. The number of ether oxygens (including phenoxy) is 1. The maximum atomic E-state index is 9.41. The van der Waals surface area contributed by atoms with Crippen molar-refractivity contribution in [3.8, 4) is 5.75 Å². The average molecular weight is 221 g/mol. The lowest BCUT2D eigenvalue weighted by molar-refractivity contribution is -0.0997. The van der Waals surface area contributed by atoms with Crippen LogP contribution >= 0.6 is 0 Å². The zero-order chi connectivity index (χ0) is 11.6. The van der Waals surface area contributed by atoms with Crippen LogP contribution in [0.4, 0.5) is 0 Å². The zero-order valence-electron chi connectivity index (χ0n) is 9.86. The minimum atomic E-state index is -0.305. The van der Waals surface area contributed by atoms with Gasteiger partial charge in [0.1, 0.15) is 11.5 Å². The van der Waals surface area contributed by atoms with Crippen molar-refractivity contribution in [2.45, 2.75) is 26.0 Å². The molecule has 0 spiro atoms. The molecular formula is C13H19NO2.